The third kappa shape index (κ3) is 1.37. The molecular weight excluding hydrogens is 144 g/mol. The van der Waals surface area contributed by atoms with Crippen molar-refractivity contribution in [2.75, 3.05) is 6.61 Å². The van der Waals surface area contributed by atoms with E-state index in [4.69, 9.17) is 9.47 Å². The van der Waals surface area contributed by atoms with Gasteiger partial charge in [0.25, 0.3) is 0 Å². The van der Waals surface area contributed by atoms with Crippen LogP contribution in [0.25, 0.3) is 0 Å². The molecule has 1 rings (SSSR count). The highest BCUT2D eigenvalue weighted by Gasteiger charge is 2.44. The van der Waals surface area contributed by atoms with E-state index in [9.17, 15) is 4.79 Å². The summed E-state index contributed by atoms with van der Waals surface area (Å²) >= 11 is 0. The van der Waals surface area contributed by atoms with Crippen LogP contribution in [0.3, 0.4) is 0 Å². The molecular formula is C8H12O3. The van der Waals surface area contributed by atoms with Gasteiger partial charge in [-0.1, -0.05) is 20.4 Å². The van der Waals surface area contributed by atoms with Crippen LogP contribution in [0.5, 0.6) is 0 Å². The van der Waals surface area contributed by atoms with Crippen LogP contribution in [0, 0.1) is 5.41 Å². The van der Waals surface area contributed by atoms with Crippen molar-refractivity contribution in [3.05, 3.63) is 12.8 Å². The number of carbonyl (C=O) groups is 1. The fourth-order valence-electron chi connectivity index (χ4n) is 1.06. The van der Waals surface area contributed by atoms with Crippen molar-refractivity contribution in [3.63, 3.8) is 0 Å². The summed E-state index contributed by atoms with van der Waals surface area (Å²) in [5.41, 5.74) is -0.231. The number of cyclic esters (lactones) is 1. The molecule has 3 heteroatoms. The van der Waals surface area contributed by atoms with E-state index < -0.39 is 6.10 Å². The quantitative estimate of drug-likeness (QED) is 0.443. The van der Waals surface area contributed by atoms with Crippen molar-refractivity contribution in [3.8, 4) is 0 Å². The van der Waals surface area contributed by atoms with Crippen molar-refractivity contribution >= 4 is 5.97 Å². The lowest BCUT2D eigenvalue weighted by Gasteiger charge is -2.20. The van der Waals surface area contributed by atoms with Crippen LogP contribution in [0.2, 0.25) is 0 Å². The average molecular weight is 156 g/mol. The standard InChI is InChI=1S/C8H12O3/c1-4-10-6-7(9)11-5-8(6,2)3/h4,6H,1,5H2,2-3H3/t6-/m0/s1. The molecule has 1 aliphatic heterocycles. The number of rotatable bonds is 2. The third-order valence-corrected chi connectivity index (χ3v) is 1.74. The molecule has 0 aromatic rings. The fourth-order valence-corrected chi connectivity index (χ4v) is 1.06. The first kappa shape index (κ1) is 8.11. The number of ether oxygens (including phenoxy) is 2. The lowest BCUT2D eigenvalue weighted by Crippen LogP contribution is -2.31. The van der Waals surface area contributed by atoms with Crippen LogP contribution < -0.4 is 0 Å². The molecule has 0 aliphatic carbocycles. The molecule has 0 saturated carbocycles. The minimum Gasteiger partial charge on any atom is -0.486 e. The maximum Gasteiger partial charge on any atom is 0.348 e. The summed E-state index contributed by atoms with van der Waals surface area (Å²) in [5.74, 6) is -0.296. The van der Waals surface area contributed by atoms with E-state index in [1.165, 1.54) is 6.26 Å². The predicted molar refractivity (Wildman–Crippen MR) is 39.8 cm³/mol. The van der Waals surface area contributed by atoms with E-state index in [0.717, 1.165) is 0 Å². The van der Waals surface area contributed by atoms with Gasteiger partial charge >= 0.3 is 5.97 Å². The summed E-state index contributed by atoms with van der Waals surface area (Å²) in [6.45, 7) is 7.66. The minimum atomic E-state index is -0.486. The number of hydrogen-bond donors (Lipinski definition) is 0. The third-order valence-electron chi connectivity index (χ3n) is 1.74. The van der Waals surface area contributed by atoms with Gasteiger partial charge in [0.1, 0.15) is 6.61 Å². The van der Waals surface area contributed by atoms with E-state index in [1.807, 2.05) is 13.8 Å². The second-order valence-electron chi connectivity index (χ2n) is 3.28. The van der Waals surface area contributed by atoms with E-state index in [1.54, 1.807) is 0 Å². The fraction of sp³-hybridized carbons (Fsp3) is 0.625. The van der Waals surface area contributed by atoms with Gasteiger partial charge in [0.2, 0.25) is 6.10 Å². The molecule has 62 valence electrons. The largest absolute Gasteiger partial charge is 0.486 e. The Morgan fingerprint density at radius 1 is 1.82 bits per heavy atom. The summed E-state index contributed by atoms with van der Waals surface area (Å²) in [5, 5.41) is 0. The Labute approximate surface area is 66.0 Å². The average Bonchev–Trinajstić information content (AvgIpc) is 2.16. The Bertz CT molecular complexity index is 184. The minimum absolute atomic E-state index is 0.231. The van der Waals surface area contributed by atoms with E-state index in [-0.39, 0.29) is 11.4 Å². The normalized spacial score (nSPS) is 27.8. The van der Waals surface area contributed by atoms with Gasteiger partial charge < -0.3 is 9.47 Å². The zero-order valence-corrected chi connectivity index (χ0v) is 6.79. The molecule has 0 bridgehead atoms. The molecule has 1 fully saturated rings. The van der Waals surface area contributed by atoms with Crippen LogP contribution in [0.15, 0.2) is 12.8 Å². The number of carbonyl (C=O) groups excluding carboxylic acids is 1. The molecule has 0 aromatic heterocycles. The molecule has 1 heterocycles. The molecule has 1 atom stereocenters. The highest BCUT2D eigenvalue weighted by Crippen LogP contribution is 2.30. The van der Waals surface area contributed by atoms with E-state index >= 15 is 0 Å². The molecule has 1 saturated heterocycles. The smallest absolute Gasteiger partial charge is 0.348 e. The van der Waals surface area contributed by atoms with Gasteiger partial charge in [-0.3, -0.25) is 0 Å². The van der Waals surface area contributed by atoms with Gasteiger partial charge in [-0.25, -0.2) is 4.79 Å². The zero-order valence-electron chi connectivity index (χ0n) is 6.79. The predicted octanol–water partition coefficient (Wildman–Crippen LogP) is 1.10. The van der Waals surface area contributed by atoms with Crippen LogP contribution in [-0.4, -0.2) is 18.7 Å². The maximum absolute atomic E-state index is 11.0. The second-order valence-corrected chi connectivity index (χ2v) is 3.28. The van der Waals surface area contributed by atoms with Gasteiger partial charge in [0, 0.05) is 5.41 Å². The van der Waals surface area contributed by atoms with Crippen LogP contribution in [0.1, 0.15) is 13.8 Å². The summed E-state index contributed by atoms with van der Waals surface area (Å²) in [4.78, 5) is 11.0. The summed E-state index contributed by atoms with van der Waals surface area (Å²) < 4.78 is 9.84. The Hall–Kier alpha value is -0.990. The summed E-state index contributed by atoms with van der Waals surface area (Å²) in [6, 6.07) is 0. The molecule has 0 amide bonds. The van der Waals surface area contributed by atoms with Crippen molar-refractivity contribution < 1.29 is 14.3 Å². The number of hydrogen-bond acceptors (Lipinski definition) is 3. The zero-order chi connectivity index (χ0) is 8.48. The topological polar surface area (TPSA) is 35.5 Å². The van der Waals surface area contributed by atoms with Crippen LogP contribution >= 0.6 is 0 Å². The van der Waals surface area contributed by atoms with Crippen molar-refractivity contribution in [2.24, 2.45) is 5.41 Å². The van der Waals surface area contributed by atoms with Crippen molar-refractivity contribution in [1.82, 2.24) is 0 Å². The van der Waals surface area contributed by atoms with Gasteiger partial charge in [-0.15, -0.1) is 0 Å². The first-order valence-corrected chi connectivity index (χ1v) is 3.51. The highest BCUT2D eigenvalue weighted by atomic mass is 16.6. The Morgan fingerprint density at radius 3 is 2.82 bits per heavy atom. The SMILES string of the molecule is C=CO[C@H]1C(=O)OCC1(C)C. The molecule has 11 heavy (non-hydrogen) atoms. The molecule has 0 radical (unpaired) electrons. The van der Waals surface area contributed by atoms with Crippen LogP contribution in [0.4, 0.5) is 0 Å². The Balaban J connectivity index is 2.71. The molecule has 0 aromatic carbocycles. The Kier molecular flexibility index (Phi) is 1.89. The lowest BCUT2D eigenvalue weighted by atomic mass is 9.90. The first-order chi connectivity index (χ1) is 5.08. The van der Waals surface area contributed by atoms with E-state index in [2.05, 4.69) is 6.58 Å². The molecule has 0 N–H and O–H groups in total. The monoisotopic (exact) mass is 156 g/mol. The van der Waals surface area contributed by atoms with Crippen LogP contribution in [-0.2, 0) is 14.3 Å². The number of esters is 1. The molecule has 0 spiro atoms. The Morgan fingerprint density at radius 2 is 2.45 bits per heavy atom. The molecule has 0 unspecified atom stereocenters. The second kappa shape index (κ2) is 2.57. The first-order valence-electron chi connectivity index (χ1n) is 3.51. The van der Waals surface area contributed by atoms with Crippen molar-refractivity contribution in [2.45, 2.75) is 20.0 Å². The molecule has 3 nitrogen and oxygen atoms in total. The molecule has 1 aliphatic rings. The maximum atomic E-state index is 11.0. The van der Waals surface area contributed by atoms with E-state index in [0.29, 0.717) is 6.61 Å². The summed E-state index contributed by atoms with van der Waals surface area (Å²) in [6.07, 6.45) is 0.791. The van der Waals surface area contributed by atoms with Gasteiger partial charge in [0.05, 0.1) is 6.26 Å². The van der Waals surface area contributed by atoms with Gasteiger partial charge in [0.15, 0.2) is 0 Å². The van der Waals surface area contributed by atoms with Gasteiger partial charge in [-0.05, 0) is 0 Å². The summed E-state index contributed by atoms with van der Waals surface area (Å²) in [7, 11) is 0. The lowest BCUT2D eigenvalue weighted by molar-refractivity contribution is -0.145. The highest BCUT2D eigenvalue weighted by molar-refractivity contribution is 5.77. The van der Waals surface area contributed by atoms with Gasteiger partial charge in [-0.2, -0.15) is 0 Å². The van der Waals surface area contributed by atoms with Crippen molar-refractivity contribution in [1.29, 1.82) is 0 Å².